The summed E-state index contributed by atoms with van der Waals surface area (Å²) in [6.07, 6.45) is 1.01. The number of benzene rings is 8. The standard InChI is InChI=1S/C52H40O4/c53-49-41-21-37(33-13-5-1-6-14-33)22-42(49)30-44-24-39(35-17-9-3-10-18-35)26-46(51(44)55)32-48-28-40(36-19-11-4-12-20-36)27-47(52(48)56)31-45-25-38(23-43(29-41)50(45)54)34-15-7-2-8-16-34/h1-28,53-56H,29-32H2. The maximum absolute atomic E-state index is 12.1. The van der Waals surface area contributed by atoms with Gasteiger partial charge in [0.05, 0.1) is 0 Å². The highest BCUT2D eigenvalue weighted by molar-refractivity contribution is 5.74. The van der Waals surface area contributed by atoms with Gasteiger partial charge >= 0.3 is 0 Å². The first-order chi connectivity index (χ1) is 27.4. The Morgan fingerprint density at radius 2 is 0.375 bits per heavy atom. The van der Waals surface area contributed by atoms with Crippen molar-refractivity contribution in [2.75, 3.05) is 0 Å². The number of fused-ring (bicyclic) bond motifs is 8. The molecule has 0 atom stereocenters. The summed E-state index contributed by atoms with van der Waals surface area (Å²) in [6.45, 7) is 0. The quantitative estimate of drug-likeness (QED) is 0.145. The molecule has 0 saturated carbocycles. The van der Waals surface area contributed by atoms with Gasteiger partial charge in [-0.1, -0.05) is 121 Å². The molecule has 0 spiro atoms. The molecule has 4 N–H and O–H groups in total. The number of rotatable bonds is 4. The lowest BCUT2D eigenvalue weighted by Gasteiger charge is -2.20. The van der Waals surface area contributed by atoms with E-state index in [4.69, 9.17) is 0 Å². The first kappa shape index (κ1) is 34.7. The van der Waals surface area contributed by atoms with Crippen LogP contribution >= 0.6 is 0 Å². The number of phenolic OH excluding ortho intramolecular Hbond substituents is 4. The van der Waals surface area contributed by atoms with Gasteiger partial charge in [-0.3, -0.25) is 0 Å². The number of phenols is 4. The molecule has 0 amide bonds. The molecule has 0 unspecified atom stereocenters. The van der Waals surface area contributed by atoms with Gasteiger partial charge in [0, 0.05) is 25.7 Å². The van der Waals surface area contributed by atoms with E-state index in [9.17, 15) is 20.4 Å². The predicted molar refractivity (Wildman–Crippen MR) is 225 cm³/mol. The topological polar surface area (TPSA) is 80.9 Å². The van der Waals surface area contributed by atoms with Crippen LogP contribution in [-0.4, -0.2) is 20.4 Å². The summed E-state index contributed by atoms with van der Waals surface area (Å²) in [4.78, 5) is 0. The largest absolute Gasteiger partial charge is 0.507 e. The molecule has 8 bridgehead atoms. The SMILES string of the molecule is Oc1c2cc(-c3ccccc3)cc1Cc1cc(-c3ccccc3)cc(c1O)Cc1cc(-c3ccccc3)cc(c1O)Cc1cc(-c3ccccc3)cc(c1O)C2. The summed E-state index contributed by atoms with van der Waals surface area (Å²) < 4.78 is 0. The first-order valence-electron chi connectivity index (χ1n) is 19.0. The minimum Gasteiger partial charge on any atom is -0.507 e. The highest BCUT2D eigenvalue weighted by Gasteiger charge is 2.23. The second-order valence-electron chi connectivity index (χ2n) is 14.7. The molecule has 56 heavy (non-hydrogen) atoms. The van der Waals surface area contributed by atoms with Gasteiger partial charge in [-0.25, -0.2) is 0 Å². The minimum atomic E-state index is 0.129. The van der Waals surface area contributed by atoms with E-state index in [-0.39, 0.29) is 48.7 Å². The van der Waals surface area contributed by atoms with Gasteiger partial charge in [-0.05, 0) is 138 Å². The second kappa shape index (κ2) is 14.7. The third-order valence-electron chi connectivity index (χ3n) is 11.0. The van der Waals surface area contributed by atoms with Crippen molar-refractivity contribution in [2.24, 2.45) is 0 Å². The van der Waals surface area contributed by atoms with E-state index in [1.807, 2.05) is 170 Å². The molecule has 1 aliphatic carbocycles. The van der Waals surface area contributed by atoms with Crippen LogP contribution in [0.1, 0.15) is 44.5 Å². The molecule has 0 radical (unpaired) electrons. The zero-order valence-corrected chi connectivity index (χ0v) is 30.8. The molecule has 4 heteroatoms. The molecule has 8 aromatic carbocycles. The van der Waals surface area contributed by atoms with Crippen molar-refractivity contribution < 1.29 is 20.4 Å². The fourth-order valence-electron chi connectivity index (χ4n) is 8.13. The summed E-state index contributed by atoms with van der Waals surface area (Å²) in [6, 6.07) is 56.3. The van der Waals surface area contributed by atoms with Crippen LogP contribution in [0.5, 0.6) is 23.0 Å². The third kappa shape index (κ3) is 6.78. The molecular weight excluding hydrogens is 689 g/mol. The fraction of sp³-hybridized carbons (Fsp3) is 0.0769. The Kier molecular flexibility index (Phi) is 9.08. The lowest BCUT2D eigenvalue weighted by molar-refractivity contribution is 0.450. The van der Waals surface area contributed by atoms with Crippen LogP contribution in [0.3, 0.4) is 0 Å². The van der Waals surface area contributed by atoms with Gasteiger partial charge < -0.3 is 20.4 Å². The Balaban J connectivity index is 1.32. The zero-order chi connectivity index (χ0) is 38.2. The molecule has 0 heterocycles. The summed E-state index contributed by atoms with van der Waals surface area (Å²) in [5, 5.41) is 48.5. The first-order valence-corrected chi connectivity index (χ1v) is 19.0. The number of hydrogen-bond donors (Lipinski definition) is 4. The van der Waals surface area contributed by atoms with Crippen molar-refractivity contribution >= 4 is 0 Å². The van der Waals surface area contributed by atoms with Gasteiger partial charge in [0.25, 0.3) is 0 Å². The highest BCUT2D eigenvalue weighted by Crippen LogP contribution is 2.43. The maximum Gasteiger partial charge on any atom is 0.122 e. The Bertz CT molecular complexity index is 2230. The van der Waals surface area contributed by atoms with Crippen molar-refractivity contribution in [2.45, 2.75) is 25.7 Å². The van der Waals surface area contributed by atoms with Crippen molar-refractivity contribution in [3.63, 3.8) is 0 Å². The number of hydrogen-bond acceptors (Lipinski definition) is 4. The molecule has 272 valence electrons. The van der Waals surface area contributed by atoms with E-state index in [1.54, 1.807) is 0 Å². The monoisotopic (exact) mass is 728 g/mol. The van der Waals surface area contributed by atoms with E-state index in [0.29, 0.717) is 44.5 Å². The maximum atomic E-state index is 12.1. The summed E-state index contributed by atoms with van der Waals surface area (Å²) in [7, 11) is 0. The molecule has 0 saturated heterocycles. The minimum absolute atomic E-state index is 0.129. The van der Waals surface area contributed by atoms with Gasteiger partial charge in [0.2, 0.25) is 0 Å². The van der Waals surface area contributed by atoms with Crippen molar-refractivity contribution in [3.8, 4) is 67.5 Å². The van der Waals surface area contributed by atoms with E-state index < -0.39 is 0 Å². The van der Waals surface area contributed by atoms with Gasteiger partial charge in [-0.2, -0.15) is 0 Å². The number of aromatic hydroxyl groups is 4. The van der Waals surface area contributed by atoms with Crippen molar-refractivity contribution in [1.82, 2.24) is 0 Å². The lowest BCUT2D eigenvalue weighted by atomic mass is 9.86. The average molecular weight is 729 g/mol. The molecule has 8 aromatic rings. The van der Waals surface area contributed by atoms with E-state index in [0.717, 1.165) is 44.5 Å². The van der Waals surface area contributed by atoms with Crippen LogP contribution in [0.4, 0.5) is 0 Å². The average Bonchev–Trinajstić information content (AvgIpc) is 3.24. The van der Waals surface area contributed by atoms with Crippen LogP contribution in [0.25, 0.3) is 44.5 Å². The Morgan fingerprint density at radius 3 is 0.536 bits per heavy atom. The Labute approximate surface area is 326 Å². The molecule has 4 nitrogen and oxygen atoms in total. The predicted octanol–water partition coefficient (Wildman–Crippen LogP) is 11.9. The molecular formula is C52H40O4. The zero-order valence-electron chi connectivity index (χ0n) is 30.8. The normalized spacial score (nSPS) is 12.3. The Hall–Kier alpha value is -7.04. The van der Waals surface area contributed by atoms with Crippen LogP contribution in [0, 0.1) is 0 Å². The van der Waals surface area contributed by atoms with E-state index >= 15 is 0 Å². The van der Waals surface area contributed by atoms with Gasteiger partial charge in [0.1, 0.15) is 23.0 Å². The highest BCUT2D eigenvalue weighted by atomic mass is 16.3. The summed E-state index contributed by atoms with van der Waals surface area (Å²) >= 11 is 0. The van der Waals surface area contributed by atoms with Gasteiger partial charge in [-0.15, -0.1) is 0 Å². The molecule has 0 aliphatic heterocycles. The van der Waals surface area contributed by atoms with E-state index in [2.05, 4.69) is 0 Å². The summed E-state index contributed by atoms with van der Waals surface area (Å²) in [5.74, 6) is 0.516. The van der Waals surface area contributed by atoms with E-state index in [1.165, 1.54) is 0 Å². The van der Waals surface area contributed by atoms with Crippen molar-refractivity contribution in [1.29, 1.82) is 0 Å². The Morgan fingerprint density at radius 1 is 0.214 bits per heavy atom. The third-order valence-corrected chi connectivity index (χ3v) is 11.0. The van der Waals surface area contributed by atoms with Crippen LogP contribution in [0.15, 0.2) is 170 Å². The van der Waals surface area contributed by atoms with Crippen molar-refractivity contribution in [3.05, 3.63) is 214 Å². The van der Waals surface area contributed by atoms with Crippen LogP contribution in [0.2, 0.25) is 0 Å². The molecule has 9 rings (SSSR count). The molecule has 0 fully saturated rings. The lowest BCUT2D eigenvalue weighted by Crippen LogP contribution is -2.03. The molecule has 0 aromatic heterocycles. The second-order valence-corrected chi connectivity index (χ2v) is 14.7. The fourth-order valence-corrected chi connectivity index (χ4v) is 8.13. The van der Waals surface area contributed by atoms with Gasteiger partial charge in [0.15, 0.2) is 0 Å². The van der Waals surface area contributed by atoms with Crippen LogP contribution < -0.4 is 0 Å². The molecule has 1 aliphatic rings. The van der Waals surface area contributed by atoms with Crippen LogP contribution in [-0.2, 0) is 25.7 Å². The summed E-state index contributed by atoms with van der Waals surface area (Å²) in [5.41, 5.74) is 13.0. The smallest absolute Gasteiger partial charge is 0.122 e.